The lowest BCUT2D eigenvalue weighted by Gasteiger charge is -2.07. The number of aromatic nitrogens is 3. The van der Waals surface area contributed by atoms with Crippen molar-refractivity contribution in [3.8, 4) is 0 Å². The molecule has 0 aliphatic heterocycles. The number of rotatable bonds is 6. The van der Waals surface area contributed by atoms with Crippen LogP contribution in [0.5, 0.6) is 0 Å². The maximum Gasteiger partial charge on any atom is 0.113 e. The van der Waals surface area contributed by atoms with Crippen molar-refractivity contribution in [2.24, 2.45) is 5.73 Å². The van der Waals surface area contributed by atoms with Crippen LogP contribution in [0.4, 0.5) is 0 Å². The third-order valence-corrected chi connectivity index (χ3v) is 2.77. The molecular formula is C13H18N4. The third kappa shape index (κ3) is 3.39. The van der Waals surface area contributed by atoms with Crippen molar-refractivity contribution < 1.29 is 0 Å². The second-order valence-corrected chi connectivity index (χ2v) is 4.06. The number of aryl methyl sites for hydroxylation is 1. The quantitative estimate of drug-likeness (QED) is 0.767. The van der Waals surface area contributed by atoms with Gasteiger partial charge in [-0.1, -0.05) is 0 Å². The SMILES string of the molecule is NCCCCn1ccnc1Cc1ccncc1. The summed E-state index contributed by atoms with van der Waals surface area (Å²) in [6.07, 6.45) is 10.6. The lowest BCUT2D eigenvalue weighted by atomic mass is 10.2. The van der Waals surface area contributed by atoms with Gasteiger partial charge in [-0.2, -0.15) is 0 Å². The standard InChI is InChI=1S/C13H18N4/c14-5-1-2-9-17-10-8-16-13(17)11-12-3-6-15-7-4-12/h3-4,6-8,10H,1-2,5,9,11,14H2. The average molecular weight is 230 g/mol. The van der Waals surface area contributed by atoms with Gasteiger partial charge in [0.1, 0.15) is 5.82 Å². The fraction of sp³-hybridized carbons (Fsp3) is 0.385. The summed E-state index contributed by atoms with van der Waals surface area (Å²) in [4.78, 5) is 8.42. The first-order valence-corrected chi connectivity index (χ1v) is 5.99. The van der Waals surface area contributed by atoms with Gasteiger partial charge in [0, 0.05) is 37.8 Å². The minimum absolute atomic E-state index is 0.758. The largest absolute Gasteiger partial charge is 0.335 e. The minimum atomic E-state index is 0.758. The van der Waals surface area contributed by atoms with Crippen LogP contribution in [0.25, 0.3) is 0 Å². The van der Waals surface area contributed by atoms with Crippen molar-refractivity contribution in [3.63, 3.8) is 0 Å². The molecule has 2 aromatic rings. The molecule has 90 valence electrons. The highest BCUT2D eigenvalue weighted by molar-refractivity contribution is 5.15. The van der Waals surface area contributed by atoms with Crippen LogP contribution in [0.3, 0.4) is 0 Å². The maximum atomic E-state index is 5.50. The molecule has 4 nitrogen and oxygen atoms in total. The minimum Gasteiger partial charge on any atom is -0.335 e. The van der Waals surface area contributed by atoms with Crippen molar-refractivity contribution in [1.82, 2.24) is 14.5 Å². The number of imidazole rings is 1. The lowest BCUT2D eigenvalue weighted by Crippen LogP contribution is -2.06. The van der Waals surface area contributed by atoms with E-state index in [4.69, 9.17) is 5.73 Å². The summed E-state index contributed by atoms with van der Waals surface area (Å²) in [5.41, 5.74) is 6.74. The highest BCUT2D eigenvalue weighted by atomic mass is 15.1. The van der Waals surface area contributed by atoms with Gasteiger partial charge >= 0.3 is 0 Å². The first kappa shape index (κ1) is 11.8. The van der Waals surface area contributed by atoms with Crippen LogP contribution < -0.4 is 5.73 Å². The van der Waals surface area contributed by atoms with Crippen LogP contribution in [0.1, 0.15) is 24.2 Å². The predicted octanol–water partition coefficient (Wildman–Crippen LogP) is 1.61. The average Bonchev–Trinajstić information content (AvgIpc) is 2.79. The zero-order chi connectivity index (χ0) is 11.9. The second-order valence-electron chi connectivity index (χ2n) is 4.06. The fourth-order valence-corrected chi connectivity index (χ4v) is 1.82. The number of unbranched alkanes of at least 4 members (excludes halogenated alkanes) is 1. The van der Waals surface area contributed by atoms with Gasteiger partial charge in [0.2, 0.25) is 0 Å². The van der Waals surface area contributed by atoms with Crippen molar-refractivity contribution >= 4 is 0 Å². The van der Waals surface area contributed by atoms with E-state index in [-0.39, 0.29) is 0 Å². The molecule has 0 unspecified atom stereocenters. The molecular weight excluding hydrogens is 212 g/mol. The number of nitrogens with two attached hydrogens (primary N) is 1. The van der Waals surface area contributed by atoms with Crippen LogP contribution in [0.15, 0.2) is 36.9 Å². The van der Waals surface area contributed by atoms with E-state index in [1.54, 1.807) is 0 Å². The van der Waals surface area contributed by atoms with E-state index >= 15 is 0 Å². The molecule has 0 saturated heterocycles. The van der Waals surface area contributed by atoms with Gasteiger partial charge in [0.25, 0.3) is 0 Å². The zero-order valence-electron chi connectivity index (χ0n) is 9.92. The summed E-state index contributed by atoms with van der Waals surface area (Å²) in [6.45, 7) is 1.76. The maximum absolute atomic E-state index is 5.50. The smallest absolute Gasteiger partial charge is 0.113 e. The molecule has 17 heavy (non-hydrogen) atoms. The molecule has 2 rings (SSSR count). The summed E-state index contributed by atoms with van der Waals surface area (Å²) in [5, 5.41) is 0. The van der Waals surface area contributed by atoms with Crippen molar-refractivity contribution in [3.05, 3.63) is 48.3 Å². The Balaban J connectivity index is 1.99. The Hall–Kier alpha value is -1.68. The molecule has 0 amide bonds. The first-order valence-electron chi connectivity index (χ1n) is 5.99. The molecule has 0 radical (unpaired) electrons. The second kappa shape index (κ2) is 6.15. The number of hydrogen-bond donors (Lipinski definition) is 1. The van der Waals surface area contributed by atoms with Gasteiger partial charge in [-0.15, -0.1) is 0 Å². The van der Waals surface area contributed by atoms with Crippen LogP contribution in [-0.2, 0) is 13.0 Å². The van der Waals surface area contributed by atoms with Crippen molar-refractivity contribution in [1.29, 1.82) is 0 Å². The van der Waals surface area contributed by atoms with E-state index < -0.39 is 0 Å². The van der Waals surface area contributed by atoms with Crippen LogP contribution in [0.2, 0.25) is 0 Å². The number of pyridine rings is 1. The molecule has 0 aromatic carbocycles. The van der Waals surface area contributed by atoms with E-state index in [1.807, 2.05) is 36.9 Å². The number of hydrogen-bond acceptors (Lipinski definition) is 3. The molecule has 0 fully saturated rings. The molecule has 2 aromatic heterocycles. The molecule has 0 bridgehead atoms. The van der Waals surface area contributed by atoms with Gasteiger partial charge in [-0.3, -0.25) is 4.98 Å². The Morgan fingerprint density at radius 3 is 2.71 bits per heavy atom. The molecule has 0 aliphatic carbocycles. The Kier molecular flexibility index (Phi) is 4.27. The van der Waals surface area contributed by atoms with Crippen molar-refractivity contribution in [2.45, 2.75) is 25.8 Å². The summed E-state index contributed by atoms with van der Waals surface area (Å²) >= 11 is 0. The molecule has 0 spiro atoms. The van der Waals surface area contributed by atoms with Gasteiger partial charge in [0.05, 0.1) is 0 Å². The normalized spacial score (nSPS) is 10.6. The van der Waals surface area contributed by atoms with E-state index in [0.29, 0.717) is 0 Å². The van der Waals surface area contributed by atoms with Gasteiger partial charge in [-0.25, -0.2) is 4.98 Å². The van der Waals surface area contributed by atoms with Gasteiger partial charge < -0.3 is 10.3 Å². The zero-order valence-corrected chi connectivity index (χ0v) is 9.92. The van der Waals surface area contributed by atoms with Crippen molar-refractivity contribution in [2.75, 3.05) is 6.54 Å². The molecule has 4 heteroatoms. The van der Waals surface area contributed by atoms with E-state index in [1.165, 1.54) is 5.56 Å². The molecule has 2 N–H and O–H groups in total. The number of nitrogens with zero attached hydrogens (tertiary/aromatic N) is 3. The summed E-state index contributed by atoms with van der Waals surface area (Å²) in [7, 11) is 0. The summed E-state index contributed by atoms with van der Waals surface area (Å²) < 4.78 is 2.20. The van der Waals surface area contributed by atoms with Gasteiger partial charge in [-0.05, 0) is 37.1 Å². The Labute approximate surface area is 102 Å². The first-order chi connectivity index (χ1) is 8.40. The molecule has 0 atom stereocenters. The van der Waals surface area contributed by atoms with E-state index in [9.17, 15) is 0 Å². The Bertz CT molecular complexity index is 436. The van der Waals surface area contributed by atoms with Crippen LogP contribution in [0, 0.1) is 0 Å². The highest BCUT2D eigenvalue weighted by Gasteiger charge is 2.03. The molecule has 0 aliphatic rings. The molecule has 0 saturated carbocycles. The third-order valence-electron chi connectivity index (χ3n) is 2.77. The summed E-state index contributed by atoms with van der Waals surface area (Å²) in [6, 6.07) is 4.05. The topological polar surface area (TPSA) is 56.7 Å². The summed E-state index contributed by atoms with van der Waals surface area (Å²) in [5.74, 6) is 1.10. The lowest BCUT2D eigenvalue weighted by molar-refractivity contribution is 0.595. The highest BCUT2D eigenvalue weighted by Crippen LogP contribution is 2.08. The van der Waals surface area contributed by atoms with E-state index in [2.05, 4.69) is 14.5 Å². The predicted molar refractivity (Wildman–Crippen MR) is 67.6 cm³/mol. The van der Waals surface area contributed by atoms with Gasteiger partial charge in [0.15, 0.2) is 0 Å². The Morgan fingerprint density at radius 2 is 1.94 bits per heavy atom. The Morgan fingerprint density at radius 1 is 1.12 bits per heavy atom. The fourth-order valence-electron chi connectivity index (χ4n) is 1.82. The van der Waals surface area contributed by atoms with E-state index in [0.717, 1.165) is 38.2 Å². The van der Waals surface area contributed by atoms with Crippen LogP contribution in [-0.4, -0.2) is 21.1 Å². The van der Waals surface area contributed by atoms with Crippen LogP contribution >= 0.6 is 0 Å². The molecule has 2 heterocycles. The monoisotopic (exact) mass is 230 g/mol.